The van der Waals surface area contributed by atoms with E-state index in [2.05, 4.69) is 26.2 Å². The molecule has 2 aromatic carbocycles. The van der Waals surface area contributed by atoms with E-state index < -0.39 is 0 Å². The monoisotopic (exact) mass is 344 g/mol. The molecular formula is C16H10BrFN2O. The smallest absolute Gasteiger partial charge is 0.274 e. The number of nitrogens with zero attached hydrogens (tertiary/aromatic N) is 1. The van der Waals surface area contributed by atoms with E-state index in [-0.39, 0.29) is 11.7 Å². The summed E-state index contributed by atoms with van der Waals surface area (Å²) in [7, 11) is 0. The topological polar surface area (TPSA) is 42.0 Å². The number of pyridine rings is 1. The van der Waals surface area contributed by atoms with Gasteiger partial charge in [0.25, 0.3) is 5.91 Å². The number of benzene rings is 2. The molecule has 3 nitrogen and oxygen atoms in total. The van der Waals surface area contributed by atoms with E-state index in [0.29, 0.717) is 15.9 Å². The lowest BCUT2D eigenvalue weighted by Gasteiger charge is -2.08. The van der Waals surface area contributed by atoms with Gasteiger partial charge in [0.1, 0.15) is 11.5 Å². The van der Waals surface area contributed by atoms with E-state index in [0.717, 1.165) is 10.8 Å². The molecule has 21 heavy (non-hydrogen) atoms. The van der Waals surface area contributed by atoms with Gasteiger partial charge in [0.05, 0.1) is 5.69 Å². The van der Waals surface area contributed by atoms with Gasteiger partial charge in [0.15, 0.2) is 0 Å². The molecule has 0 bridgehead atoms. The molecule has 0 unspecified atom stereocenters. The number of nitrogens with one attached hydrogen (secondary N) is 1. The van der Waals surface area contributed by atoms with Crippen molar-refractivity contribution in [1.29, 1.82) is 0 Å². The van der Waals surface area contributed by atoms with Crippen LogP contribution in [0.15, 0.2) is 59.2 Å². The van der Waals surface area contributed by atoms with Gasteiger partial charge in [0, 0.05) is 16.1 Å². The van der Waals surface area contributed by atoms with E-state index >= 15 is 0 Å². The van der Waals surface area contributed by atoms with Crippen molar-refractivity contribution in [3.05, 3.63) is 70.7 Å². The molecule has 1 N–H and O–H groups in total. The van der Waals surface area contributed by atoms with Crippen LogP contribution in [0.5, 0.6) is 0 Å². The molecule has 0 aliphatic rings. The predicted molar refractivity (Wildman–Crippen MR) is 83.8 cm³/mol. The molecule has 1 aromatic heterocycles. The number of carbonyl (C=O) groups is 1. The molecule has 104 valence electrons. The summed E-state index contributed by atoms with van der Waals surface area (Å²) < 4.78 is 13.5. The Morgan fingerprint density at radius 3 is 2.76 bits per heavy atom. The maximum Gasteiger partial charge on any atom is 0.274 e. The highest BCUT2D eigenvalue weighted by atomic mass is 79.9. The Morgan fingerprint density at radius 1 is 1.14 bits per heavy atom. The fraction of sp³-hybridized carbons (Fsp3) is 0. The number of anilines is 1. The first-order valence-electron chi connectivity index (χ1n) is 6.25. The molecular weight excluding hydrogens is 335 g/mol. The third-order valence-corrected chi connectivity index (χ3v) is 3.72. The second-order valence-electron chi connectivity index (χ2n) is 4.46. The Bertz CT molecular complexity index is 830. The van der Waals surface area contributed by atoms with E-state index in [1.54, 1.807) is 6.20 Å². The minimum atomic E-state index is -0.372. The van der Waals surface area contributed by atoms with Gasteiger partial charge in [-0.05, 0) is 45.6 Å². The van der Waals surface area contributed by atoms with Gasteiger partial charge in [-0.1, -0.05) is 24.3 Å². The number of rotatable bonds is 2. The maximum absolute atomic E-state index is 13.1. The van der Waals surface area contributed by atoms with Crippen LogP contribution in [0, 0.1) is 5.82 Å². The summed E-state index contributed by atoms with van der Waals surface area (Å²) in [4.78, 5) is 16.5. The Labute approximate surface area is 128 Å². The zero-order valence-electron chi connectivity index (χ0n) is 10.8. The fourth-order valence-electron chi connectivity index (χ4n) is 2.07. The van der Waals surface area contributed by atoms with Crippen molar-refractivity contribution in [2.24, 2.45) is 0 Å². The minimum absolute atomic E-state index is 0.334. The van der Waals surface area contributed by atoms with Crippen molar-refractivity contribution in [2.45, 2.75) is 0 Å². The van der Waals surface area contributed by atoms with Gasteiger partial charge >= 0.3 is 0 Å². The van der Waals surface area contributed by atoms with Crippen LogP contribution in [0.2, 0.25) is 0 Å². The number of hydrogen-bond donors (Lipinski definition) is 1. The molecule has 0 saturated heterocycles. The fourth-order valence-corrected chi connectivity index (χ4v) is 2.52. The lowest BCUT2D eigenvalue weighted by Crippen LogP contribution is -2.14. The molecule has 0 aliphatic carbocycles. The Morgan fingerprint density at radius 2 is 1.95 bits per heavy atom. The highest BCUT2D eigenvalue weighted by Crippen LogP contribution is 2.24. The summed E-state index contributed by atoms with van der Waals surface area (Å²) in [6.07, 6.45) is 1.59. The molecule has 0 aliphatic heterocycles. The molecule has 0 atom stereocenters. The highest BCUT2D eigenvalue weighted by Gasteiger charge is 2.13. The molecule has 0 fully saturated rings. The average molecular weight is 345 g/mol. The quantitative estimate of drug-likeness (QED) is 0.749. The lowest BCUT2D eigenvalue weighted by molar-refractivity contribution is 0.102. The SMILES string of the molecule is O=C(Nc1ccc(F)cc1Br)c1nccc2ccccc12. The first-order chi connectivity index (χ1) is 10.1. The molecule has 0 radical (unpaired) electrons. The zero-order chi connectivity index (χ0) is 14.8. The van der Waals surface area contributed by atoms with Crippen LogP contribution < -0.4 is 5.32 Å². The normalized spacial score (nSPS) is 10.6. The van der Waals surface area contributed by atoms with Gasteiger partial charge in [-0.25, -0.2) is 4.39 Å². The van der Waals surface area contributed by atoms with Gasteiger partial charge in [-0.3, -0.25) is 9.78 Å². The molecule has 0 saturated carbocycles. The summed E-state index contributed by atoms with van der Waals surface area (Å²) in [5.41, 5.74) is 0.834. The van der Waals surface area contributed by atoms with Crippen LogP contribution in [0.4, 0.5) is 10.1 Å². The van der Waals surface area contributed by atoms with Crippen molar-refractivity contribution >= 4 is 38.3 Å². The van der Waals surface area contributed by atoms with Gasteiger partial charge in [-0.2, -0.15) is 0 Å². The third kappa shape index (κ3) is 2.78. The van der Waals surface area contributed by atoms with Crippen LogP contribution in [0.3, 0.4) is 0 Å². The summed E-state index contributed by atoms with van der Waals surface area (Å²) >= 11 is 3.22. The predicted octanol–water partition coefficient (Wildman–Crippen LogP) is 4.39. The molecule has 1 heterocycles. The lowest BCUT2D eigenvalue weighted by atomic mass is 10.1. The van der Waals surface area contributed by atoms with Gasteiger partial charge in [-0.15, -0.1) is 0 Å². The highest BCUT2D eigenvalue weighted by molar-refractivity contribution is 9.10. The summed E-state index contributed by atoms with van der Waals surface area (Å²) in [5.74, 6) is -0.706. The van der Waals surface area contributed by atoms with Crippen molar-refractivity contribution in [1.82, 2.24) is 4.98 Å². The van der Waals surface area contributed by atoms with Crippen LogP contribution in [0.1, 0.15) is 10.5 Å². The Hall–Kier alpha value is -2.27. The first-order valence-corrected chi connectivity index (χ1v) is 7.04. The zero-order valence-corrected chi connectivity index (χ0v) is 12.4. The number of aromatic nitrogens is 1. The first kappa shape index (κ1) is 13.7. The van der Waals surface area contributed by atoms with Gasteiger partial charge in [0.2, 0.25) is 0 Å². The van der Waals surface area contributed by atoms with Crippen LogP contribution in [-0.4, -0.2) is 10.9 Å². The van der Waals surface area contributed by atoms with Crippen molar-refractivity contribution in [3.8, 4) is 0 Å². The third-order valence-electron chi connectivity index (χ3n) is 3.07. The van der Waals surface area contributed by atoms with E-state index in [1.165, 1.54) is 18.2 Å². The van der Waals surface area contributed by atoms with Crippen molar-refractivity contribution in [2.75, 3.05) is 5.32 Å². The van der Waals surface area contributed by atoms with E-state index in [1.807, 2.05) is 30.3 Å². The number of halogens is 2. The molecule has 1 amide bonds. The molecule has 3 aromatic rings. The van der Waals surface area contributed by atoms with Gasteiger partial charge < -0.3 is 5.32 Å². The average Bonchev–Trinajstić information content (AvgIpc) is 2.49. The van der Waals surface area contributed by atoms with Crippen LogP contribution >= 0.6 is 15.9 Å². The second-order valence-corrected chi connectivity index (χ2v) is 5.31. The minimum Gasteiger partial charge on any atom is -0.320 e. The standard InChI is InChI=1S/C16H10BrFN2O/c17-13-9-11(18)5-6-14(13)20-16(21)15-12-4-2-1-3-10(12)7-8-19-15/h1-9H,(H,20,21). The van der Waals surface area contributed by atoms with Crippen LogP contribution in [-0.2, 0) is 0 Å². The largest absolute Gasteiger partial charge is 0.320 e. The molecule has 5 heteroatoms. The summed E-state index contributed by atoms with van der Waals surface area (Å²) in [6.45, 7) is 0. The Kier molecular flexibility index (Phi) is 3.66. The molecule has 3 rings (SSSR count). The second kappa shape index (κ2) is 5.61. The number of hydrogen-bond acceptors (Lipinski definition) is 2. The number of carbonyl (C=O) groups excluding carboxylic acids is 1. The Balaban J connectivity index is 1.97. The van der Waals surface area contributed by atoms with Crippen molar-refractivity contribution < 1.29 is 9.18 Å². The summed E-state index contributed by atoms with van der Waals surface area (Å²) in [6, 6.07) is 13.5. The number of amides is 1. The van der Waals surface area contributed by atoms with Crippen molar-refractivity contribution in [3.63, 3.8) is 0 Å². The van der Waals surface area contributed by atoms with Crippen LogP contribution in [0.25, 0.3) is 10.8 Å². The van der Waals surface area contributed by atoms with E-state index in [9.17, 15) is 9.18 Å². The molecule has 0 spiro atoms. The maximum atomic E-state index is 13.1. The number of fused-ring (bicyclic) bond motifs is 1. The summed E-state index contributed by atoms with van der Waals surface area (Å²) in [5, 5.41) is 4.45. The van der Waals surface area contributed by atoms with E-state index in [4.69, 9.17) is 0 Å².